The van der Waals surface area contributed by atoms with E-state index in [4.69, 9.17) is 27.9 Å². The van der Waals surface area contributed by atoms with Gasteiger partial charge in [0.25, 0.3) is 0 Å². The summed E-state index contributed by atoms with van der Waals surface area (Å²) in [7, 11) is 0. The van der Waals surface area contributed by atoms with Gasteiger partial charge in [0.05, 0.1) is 21.4 Å². The van der Waals surface area contributed by atoms with E-state index in [1.807, 2.05) is 30.7 Å². The second-order valence-corrected chi connectivity index (χ2v) is 5.73. The Labute approximate surface area is 130 Å². The lowest BCUT2D eigenvalue weighted by molar-refractivity contribution is 0.292. The molecule has 0 amide bonds. The molecule has 2 aromatic rings. The van der Waals surface area contributed by atoms with Crippen molar-refractivity contribution in [3.05, 3.63) is 44.1 Å². The molecule has 1 aromatic heterocycles. The summed E-state index contributed by atoms with van der Waals surface area (Å²) in [6, 6.07) is 5.48. The minimum Gasteiger partial charge on any atom is -0.486 e. The van der Waals surface area contributed by atoms with Crippen LogP contribution in [-0.2, 0) is 13.2 Å². The Balaban J connectivity index is 2.21. The van der Waals surface area contributed by atoms with E-state index in [0.717, 1.165) is 22.4 Å². The Morgan fingerprint density at radius 3 is 2.79 bits per heavy atom. The van der Waals surface area contributed by atoms with Crippen LogP contribution >= 0.6 is 39.1 Å². The number of nitrogens with zero attached hydrogens (tertiary/aromatic N) is 2. The summed E-state index contributed by atoms with van der Waals surface area (Å²) < 4.78 is 8.48. The summed E-state index contributed by atoms with van der Waals surface area (Å²) in [4.78, 5) is 0. The summed E-state index contributed by atoms with van der Waals surface area (Å²) in [5.74, 6) is 0.619. The van der Waals surface area contributed by atoms with Crippen molar-refractivity contribution >= 4 is 39.1 Å². The maximum Gasteiger partial charge on any atom is 0.139 e. The van der Waals surface area contributed by atoms with Crippen molar-refractivity contribution in [1.82, 2.24) is 9.78 Å². The van der Waals surface area contributed by atoms with Crippen LogP contribution in [0.15, 0.2) is 22.7 Å². The third-order valence-corrected chi connectivity index (χ3v) is 4.01. The molecule has 0 atom stereocenters. The average Bonchev–Trinajstić information content (AvgIpc) is 2.66. The molecule has 0 spiro atoms. The summed E-state index contributed by atoms with van der Waals surface area (Å²) in [6.07, 6.45) is 0. The predicted molar refractivity (Wildman–Crippen MR) is 81.1 cm³/mol. The number of aromatic nitrogens is 2. The van der Waals surface area contributed by atoms with Crippen LogP contribution < -0.4 is 4.74 Å². The van der Waals surface area contributed by atoms with E-state index in [1.165, 1.54) is 0 Å². The molecule has 1 heterocycles. The van der Waals surface area contributed by atoms with E-state index < -0.39 is 0 Å². The number of benzene rings is 1. The lowest BCUT2D eigenvalue weighted by Crippen LogP contribution is -2.06. The molecule has 6 heteroatoms. The number of hydrogen-bond donors (Lipinski definition) is 0. The Morgan fingerprint density at radius 2 is 2.11 bits per heavy atom. The maximum atomic E-state index is 6.22. The van der Waals surface area contributed by atoms with Crippen LogP contribution in [0.2, 0.25) is 10.0 Å². The quantitative estimate of drug-likeness (QED) is 0.775. The zero-order chi connectivity index (χ0) is 14.0. The molecule has 0 bridgehead atoms. The normalized spacial score (nSPS) is 10.8. The third kappa shape index (κ3) is 3.25. The second kappa shape index (κ2) is 6.16. The van der Waals surface area contributed by atoms with Crippen LogP contribution in [-0.4, -0.2) is 9.78 Å². The van der Waals surface area contributed by atoms with E-state index in [9.17, 15) is 0 Å². The molecule has 0 aliphatic heterocycles. The van der Waals surface area contributed by atoms with Crippen LogP contribution in [0.1, 0.15) is 18.3 Å². The van der Waals surface area contributed by atoms with Crippen molar-refractivity contribution in [1.29, 1.82) is 0 Å². The van der Waals surface area contributed by atoms with Crippen LogP contribution in [0.4, 0.5) is 0 Å². The third-order valence-electron chi connectivity index (χ3n) is 2.71. The average molecular weight is 364 g/mol. The molecule has 102 valence electrons. The highest BCUT2D eigenvalue weighted by atomic mass is 79.9. The first-order valence-electron chi connectivity index (χ1n) is 5.82. The smallest absolute Gasteiger partial charge is 0.139 e. The first kappa shape index (κ1) is 14.7. The van der Waals surface area contributed by atoms with Gasteiger partial charge in [-0.15, -0.1) is 0 Å². The van der Waals surface area contributed by atoms with E-state index in [0.29, 0.717) is 22.4 Å². The van der Waals surface area contributed by atoms with Gasteiger partial charge in [-0.3, -0.25) is 4.68 Å². The van der Waals surface area contributed by atoms with Gasteiger partial charge in [-0.2, -0.15) is 5.10 Å². The van der Waals surface area contributed by atoms with E-state index in [2.05, 4.69) is 21.0 Å². The predicted octanol–water partition coefficient (Wildman–Crippen LogP) is 4.86. The first-order chi connectivity index (χ1) is 9.02. The molecule has 0 N–H and O–H groups in total. The minimum atomic E-state index is 0.337. The minimum absolute atomic E-state index is 0.337. The van der Waals surface area contributed by atoms with E-state index in [-0.39, 0.29) is 0 Å². The Hall–Kier alpha value is -0.710. The molecular formula is C13H13BrCl2N2O. The summed E-state index contributed by atoms with van der Waals surface area (Å²) in [6.45, 7) is 4.98. The molecule has 19 heavy (non-hydrogen) atoms. The Bertz CT molecular complexity index is 599. The van der Waals surface area contributed by atoms with Crippen molar-refractivity contribution in [3.63, 3.8) is 0 Å². The fraction of sp³-hybridized carbons (Fsp3) is 0.308. The van der Waals surface area contributed by atoms with E-state index >= 15 is 0 Å². The molecule has 0 saturated heterocycles. The monoisotopic (exact) mass is 362 g/mol. The van der Waals surface area contributed by atoms with Gasteiger partial charge in [-0.05, 0) is 32.0 Å². The summed E-state index contributed by atoms with van der Waals surface area (Å²) in [5.41, 5.74) is 1.67. The molecule has 2 rings (SSSR count). The molecule has 0 unspecified atom stereocenters. The van der Waals surface area contributed by atoms with Gasteiger partial charge in [0, 0.05) is 11.0 Å². The largest absolute Gasteiger partial charge is 0.486 e. The first-order valence-corrected chi connectivity index (χ1v) is 7.37. The Morgan fingerprint density at radius 1 is 1.37 bits per heavy atom. The fourth-order valence-electron chi connectivity index (χ4n) is 1.74. The highest BCUT2D eigenvalue weighted by Gasteiger charge is 2.13. The van der Waals surface area contributed by atoms with E-state index in [1.54, 1.807) is 6.07 Å². The lowest BCUT2D eigenvalue weighted by Gasteiger charge is -2.10. The van der Waals surface area contributed by atoms with Crippen molar-refractivity contribution in [3.8, 4) is 5.75 Å². The molecule has 0 fully saturated rings. The van der Waals surface area contributed by atoms with Crippen molar-refractivity contribution < 1.29 is 4.74 Å². The number of rotatable bonds is 4. The van der Waals surface area contributed by atoms with Crippen LogP contribution in [0.25, 0.3) is 0 Å². The number of halogens is 3. The van der Waals surface area contributed by atoms with Crippen LogP contribution in [0.3, 0.4) is 0 Å². The zero-order valence-electron chi connectivity index (χ0n) is 10.6. The SMILES string of the molecule is CCn1nc(C)c(Cl)c1COc1cc(Br)ccc1Cl. The van der Waals surface area contributed by atoms with Crippen molar-refractivity contribution in [2.45, 2.75) is 27.0 Å². The number of ether oxygens (including phenoxy) is 1. The second-order valence-electron chi connectivity index (χ2n) is 4.03. The lowest BCUT2D eigenvalue weighted by atomic mass is 10.3. The van der Waals surface area contributed by atoms with Crippen molar-refractivity contribution in [2.75, 3.05) is 0 Å². The standard InChI is InChI=1S/C13H13BrCl2N2O/c1-3-18-11(13(16)8(2)17-18)7-19-12-6-9(14)4-5-10(12)15/h4-6H,3,7H2,1-2H3. The fourth-order valence-corrected chi connectivity index (χ4v) is 2.44. The molecular weight excluding hydrogens is 351 g/mol. The number of aryl methyl sites for hydroxylation is 2. The molecule has 0 saturated carbocycles. The van der Waals surface area contributed by atoms with Gasteiger partial charge in [-0.25, -0.2) is 0 Å². The molecule has 3 nitrogen and oxygen atoms in total. The van der Waals surface area contributed by atoms with Gasteiger partial charge in [0.15, 0.2) is 0 Å². The highest BCUT2D eigenvalue weighted by Crippen LogP contribution is 2.29. The zero-order valence-corrected chi connectivity index (χ0v) is 13.7. The molecule has 0 aliphatic rings. The highest BCUT2D eigenvalue weighted by molar-refractivity contribution is 9.10. The molecule has 0 aliphatic carbocycles. The Kier molecular flexibility index (Phi) is 4.76. The van der Waals surface area contributed by atoms with Crippen molar-refractivity contribution in [2.24, 2.45) is 0 Å². The van der Waals surface area contributed by atoms with Gasteiger partial charge < -0.3 is 4.74 Å². The summed E-state index contributed by atoms with van der Waals surface area (Å²) in [5, 5.41) is 5.56. The van der Waals surface area contributed by atoms with Gasteiger partial charge >= 0.3 is 0 Å². The molecule has 1 aromatic carbocycles. The maximum absolute atomic E-state index is 6.22. The molecule has 0 radical (unpaired) electrons. The van der Waals surface area contributed by atoms with Crippen LogP contribution in [0, 0.1) is 6.92 Å². The van der Waals surface area contributed by atoms with Gasteiger partial charge in [-0.1, -0.05) is 39.1 Å². The summed E-state index contributed by atoms with van der Waals surface area (Å²) >= 11 is 15.7. The topological polar surface area (TPSA) is 27.1 Å². The van der Waals surface area contributed by atoms with Gasteiger partial charge in [0.1, 0.15) is 12.4 Å². The number of hydrogen-bond acceptors (Lipinski definition) is 2. The van der Waals surface area contributed by atoms with Crippen LogP contribution in [0.5, 0.6) is 5.75 Å². The van der Waals surface area contributed by atoms with Gasteiger partial charge in [0.2, 0.25) is 0 Å².